The number of piperazine rings is 1. The van der Waals surface area contributed by atoms with Crippen LogP contribution in [-0.2, 0) is 0 Å². The minimum Gasteiger partial charge on any atom is -0.379 e. The van der Waals surface area contributed by atoms with Crippen LogP contribution in [-0.4, -0.2) is 42.4 Å². The summed E-state index contributed by atoms with van der Waals surface area (Å²) in [7, 11) is 0. The molecule has 0 bridgehead atoms. The molecule has 0 aliphatic carbocycles. The van der Waals surface area contributed by atoms with Crippen molar-refractivity contribution in [3.05, 3.63) is 0 Å². The molecule has 0 aromatic heterocycles. The van der Waals surface area contributed by atoms with Gasteiger partial charge in [0.15, 0.2) is 0 Å². The van der Waals surface area contributed by atoms with Crippen LogP contribution >= 0.6 is 0 Å². The van der Waals surface area contributed by atoms with E-state index in [0.29, 0.717) is 0 Å². The Morgan fingerprint density at radius 2 is 2.00 bits per heavy atom. The predicted octanol–water partition coefficient (Wildman–Crippen LogP) is -0.770. The third-order valence-corrected chi connectivity index (χ3v) is 1.68. The lowest BCUT2D eigenvalue weighted by Crippen LogP contribution is -2.47. The van der Waals surface area contributed by atoms with E-state index in [1.807, 2.05) is 6.92 Å². The molecule has 1 aliphatic heterocycles. The molecule has 1 aliphatic rings. The Labute approximate surface area is 55.7 Å². The fraction of sp³-hybridized carbons (Fsp3) is 1.00. The highest BCUT2D eigenvalue weighted by molar-refractivity contribution is 4.67. The summed E-state index contributed by atoms with van der Waals surface area (Å²) in [5.74, 6) is 0. The second-order valence-electron chi connectivity index (χ2n) is 2.42. The zero-order valence-electron chi connectivity index (χ0n) is 5.80. The van der Waals surface area contributed by atoms with Crippen molar-refractivity contribution in [3.8, 4) is 0 Å². The van der Waals surface area contributed by atoms with Gasteiger partial charge in [0.2, 0.25) is 0 Å². The van der Waals surface area contributed by atoms with E-state index in [1.54, 1.807) is 0 Å². The second kappa shape index (κ2) is 3.15. The van der Waals surface area contributed by atoms with Gasteiger partial charge in [-0.25, -0.2) is 0 Å². The van der Waals surface area contributed by atoms with Gasteiger partial charge in [0.25, 0.3) is 0 Å². The highest BCUT2D eigenvalue weighted by Crippen LogP contribution is 1.95. The van der Waals surface area contributed by atoms with Gasteiger partial charge in [-0.05, 0) is 6.92 Å². The van der Waals surface area contributed by atoms with Crippen LogP contribution in [0, 0.1) is 0 Å². The van der Waals surface area contributed by atoms with Crippen molar-refractivity contribution < 1.29 is 5.11 Å². The number of hydrogen-bond donors (Lipinski definition) is 2. The quantitative estimate of drug-likeness (QED) is 0.489. The summed E-state index contributed by atoms with van der Waals surface area (Å²) in [6, 6.07) is 0. The van der Waals surface area contributed by atoms with Crippen LogP contribution < -0.4 is 5.32 Å². The first-order valence-corrected chi connectivity index (χ1v) is 3.43. The van der Waals surface area contributed by atoms with Crippen molar-refractivity contribution >= 4 is 0 Å². The maximum Gasteiger partial charge on any atom is 0.104 e. The fourth-order valence-corrected chi connectivity index (χ4v) is 1.06. The first kappa shape index (κ1) is 6.99. The maximum atomic E-state index is 9.08. The molecule has 3 heteroatoms. The van der Waals surface area contributed by atoms with E-state index >= 15 is 0 Å². The molecule has 1 atom stereocenters. The molecule has 1 fully saturated rings. The largest absolute Gasteiger partial charge is 0.379 e. The molecule has 0 unspecified atom stereocenters. The molecule has 54 valence electrons. The molecule has 0 aromatic rings. The van der Waals surface area contributed by atoms with Crippen molar-refractivity contribution in [1.82, 2.24) is 10.2 Å². The minimum atomic E-state index is -0.271. The predicted molar refractivity (Wildman–Crippen MR) is 36.1 cm³/mol. The van der Waals surface area contributed by atoms with Gasteiger partial charge in [-0.3, -0.25) is 4.90 Å². The number of aliphatic hydroxyl groups is 1. The van der Waals surface area contributed by atoms with Crippen LogP contribution in [0.4, 0.5) is 0 Å². The summed E-state index contributed by atoms with van der Waals surface area (Å²) < 4.78 is 0. The summed E-state index contributed by atoms with van der Waals surface area (Å²) >= 11 is 0. The molecule has 3 nitrogen and oxygen atoms in total. The normalized spacial score (nSPS) is 26.0. The summed E-state index contributed by atoms with van der Waals surface area (Å²) in [5.41, 5.74) is 0. The molecule has 1 heterocycles. The maximum absolute atomic E-state index is 9.08. The van der Waals surface area contributed by atoms with Crippen LogP contribution in [0.25, 0.3) is 0 Å². The van der Waals surface area contributed by atoms with Crippen molar-refractivity contribution in [2.24, 2.45) is 0 Å². The van der Waals surface area contributed by atoms with Gasteiger partial charge < -0.3 is 10.4 Å². The van der Waals surface area contributed by atoms with Gasteiger partial charge in [-0.2, -0.15) is 0 Å². The molecule has 1 rings (SSSR count). The van der Waals surface area contributed by atoms with E-state index in [-0.39, 0.29) is 6.23 Å². The van der Waals surface area contributed by atoms with Gasteiger partial charge in [0.05, 0.1) is 0 Å². The van der Waals surface area contributed by atoms with Crippen LogP contribution in [0.3, 0.4) is 0 Å². The Kier molecular flexibility index (Phi) is 2.45. The average molecular weight is 130 g/mol. The molecular formula is C6H14N2O. The Balaban J connectivity index is 2.23. The lowest BCUT2D eigenvalue weighted by molar-refractivity contribution is 0.0112. The van der Waals surface area contributed by atoms with Crippen LogP contribution in [0.15, 0.2) is 0 Å². The smallest absolute Gasteiger partial charge is 0.104 e. The van der Waals surface area contributed by atoms with E-state index in [1.165, 1.54) is 0 Å². The monoisotopic (exact) mass is 130 g/mol. The van der Waals surface area contributed by atoms with Crippen LogP contribution in [0.2, 0.25) is 0 Å². The van der Waals surface area contributed by atoms with Crippen molar-refractivity contribution in [1.29, 1.82) is 0 Å². The lowest BCUT2D eigenvalue weighted by Gasteiger charge is -2.29. The third kappa shape index (κ3) is 1.93. The molecule has 0 radical (unpaired) electrons. The minimum absolute atomic E-state index is 0.271. The summed E-state index contributed by atoms with van der Waals surface area (Å²) in [6.07, 6.45) is -0.271. The fourth-order valence-electron chi connectivity index (χ4n) is 1.06. The number of hydrogen-bond acceptors (Lipinski definition) is 3. The van der Waals surface area contributed by atoms with Gasteiger partial charge >= 0.3 is 0 Å². The van der Waals surface area contributed by atoms with Crippen LogP contribution in [0.1, 0.15) is 6.92 Å². The first-order valence-electron chi connectivity index (χ1n) is 3.43. The second-order valence-corrected chi connectivity index (χ2v) is 2.42. The molecular weight excluding hydrogens is 116 g/mol. The number of nitrogens with zero attached hydrogens (tertiary/aromatic N) is 1. The van der Waals surface area contributed by atoms with Gasteiger partial charge in [0, 0.05) is 26.2 Å². The molecule has 2 N–H and O–H groups in total. The molecule has 1 saturated heterocycles. The van der Waals surface area contributed by atoms with E-state index in [0.717, 1.165) is 26.2 Å². The Bertz CT molecular complexity index is 79.1. The lowest BCUT2D eigenvalue weighted by atomic mass is 10.3. The summed E-state index contributed by atoms with van der Waals surface area (Å²) in [4.78, 5) is 2.05. The molecule has 0 saturated carbocycles. The summed E-state index contributed by atoms with van der Waals surface area (Å²) in [6.45, 7) is 5.76. The van der Waals surface area contributed by atoms with Gasteiger partial charge in [-0.1, -0.05) is 0 Å². The van der Waals surface area contributed by atoms with Crippen molar-refractivity contribution in [3.63, 3.8) is 0 Å². The summed E-state index contributed by atoms with van der Waals surface area (Å²) in [5, 5.41) is 12.3. The van der Waals surface area contributed by atoms with E-state index in [2.05, 4.69) is 10.2 Å². The Morgan fingerprint density at radius 1 is 1.44 bits per heavy atom. The molecule has 9 heavy (non-hydrogen) atoms. The number of nitrogens with one attached hydrogen (secondary N) is 1. The third-order valence-electron chi connectivity index (χ3n) is 1.68. The van der Waals surface area contributed by atoms with Gasteiger partial charge in [-0.15, -0.1) is 0 Å². The SMILES string of the molecule is C[C@@H](O)N1CCNCC1. The Morgan fingerprint density at radius 3 is 2.33 bits per heavy atom. The zero-order valence-corrected chi connectivity index (χ0v) is 5.80. The molecule has 0 spiro atoms. The average Bonchev–Trinajstić information content (AvgIpc) is 1.90. The highest BCUT2D eigenvalue weighted by Gasteiger charge is 2.12. The number of aliphatic hydroxyl groups excluding tert-OH is 1. The van der Waals surface area contributed by atoms with Gasteiger partial charge in [0.1, 0.15) is 6.23 Å². The molecule has 0 amide bonds. The zero-order chi connectivity index (χ0) is 6.69. The number of rotatable bonds is 1. The molecule has 0 aromatic carbocycles. The Hall–Kier alpha value is -0.120. The highest BCUT2D eigenvalue weighted by atomic mass is 16.3. The van der Waals surface area contributed by atoms with Crippen molar-refractivity contribution in [2.75, 3.05) is 26.2 Å². The van der Waals surface area contributed by atoms with E-state index < -0.39 is 0 Å². The standard InChI is InChI=1S/C6H14N2O/c1-6(9)8-4-2-7-3-5-8/h6-7,9H,2-5H2,1H3/t6-/m1/s1. The van der Waals surface area contributed by atoms with Crippen molar-refractivity contribution in [2.45, 2.75) is 13.2 Å². The van der Waals surface area contributed by atoms with E-state index in [9.17, 15) is 0 Å². The van der Waals surface area contributed by atoms with Crippen LogP contribution in [0.5, 0.6) is 0 Å². The topological polar surface area (TPSA) is 35.5 Å². The first-order chi connectivity index (χ1) is 4.30. The van der Waals surface area contributed by atoms with E-state index in [4.69, 9.17) is 5.11 Å².